The van der Waals surface area contributed by atoms with E-state index in [9.17, 15) is 0 Å². The van der Waals surface area contributed by atoms with Crippen molar-refractivity contribution in [1.29, 1.82) is 0 Å². The summed E-state index contributed by atoms with van der Waals surface area (Å²) in [7, 11) is 1.89. The number of H-pyrrole nitrogens is 1. The van der Waals surface area contributed by atoms with Gasteiger partial charge in [-0.2, -0.15) is 0 Å². The molecule has 7 heteroatoms. The summed E-state index contributed by atoms with van der Waals surface area (Å²) < 4.78 is 1.75. The van der Waals surface area contributed by atoms with E-state index in [1.54, 1.807) is 4.68 Å². The first-order valence-electron chi connectivity index (χ1n) is 8.15. The van der Waals surface area contributed by atoms with Crippen molar-refractivity contribution in [3.05, 3.63) is 35.9 Å². The zero-order valence-corrected chi connectivity index (χ0v) is 13.3. The first-order chi connectivity index (χ1) is 11.3. The van der Waals surface area contributed by atoms with Crippen LogP contribution in [0.1, 0.15) is 24.5 Å². The highest BCUT2D eigenvalue weighted by Gasteiger charge is 2.21. The van der Waals surface area contributed by atoms with Crippen molar-refractivity contribution in [2.24, 2.45) is 13.0 Å². The Kier molecular flexibility index (Phi) is 3.78. The molecule has 0 saturated carbocycles. The van der Waals surface area contributed by atoms with Crippen LogP contribution in [-0.4, -0.2) is 48.2 Å². The van der Waals surface area contributed by atoms with Gasteiger partial charge >= 0.3 is 0 Å². The predicted molar refractivity (Wildman–Crippen MR) is 86.6 cm³/mol. The number of benzene rings is 1. The summed E-state index contributed by atoms with van der Waals surface area (Å²) in [6, 6.07) is 8.23. The summed E-state index contributed by atoms with van der Waals surface area (Å²) in [5.41, 5.74) is 2.20. The third-order valence-electron chi connectivity index (χ3n) is 4.70. The normalized spacial score (nSPS) is 17.1. The number of piperidine rings is 1. The molecule has 1 N–H and O–H groups in total. The van der Waals surface area contributed by atoms with Crippen molar-refractivity contribution < 1.29 is 0 Å². The topological polar surface area (TPSA) is 75.5 Å². The van der Waals surface area contributed by atoms with Crippen molar-refractivity contribution in [3.8, 4) is 0 Å². The number of aromatic amines is 1. The molecule has 23 heavy (non-hydrogen) atoms. The van der Waals surface area contributed by atoms with E-state index in [0.29, 0.717) is 5.92 Å². The molecule has 3 heterocycles. The number of fused-ring (bicyclic) bond motifs is 1. The van der Waals surface area contributed by atoms with E-state index in [0.717, 1.165) is 48.7 Å². The van der Waals surface area contributed by atoms with Gasteiger partial charge in [-0.05, 0) is 54.4 Å². The zero-order chi connectivity index (χ0) is 15.6. The number of imidazole rings is 1. The van der Waals surface area contributed by atoms with Gasteiger partial charge in [-0.3, -0.25) is 4.90 Å². The van der Waals surface area contributed by atoms with E-state index in [4.69, 9.17) is 4.98 Å². The minimum Gasteiger partial charge on any atom is -0.342 e. The predicted octanol–water partition coefficient (Wildman–Crippen LogP) is 1.54. The Morgan fingerprint density at radius 3 is 2.78 bits per heavy atom. The Hall–Kier alpha value is -2.28. The lowest BCUT2D eigenvalue weighted by atomic mass is 9.93. The van der Waals surface area contributed by atoms with Gasteiger partial charge in [-0.1, -0.05) is 12.1 Å². The van der Waals surface area contributed by atoms with Crippen LogP contribution in [0.4, 0.5) is 0 Å². The molecule has 1 saturated heterocycles. The average Bonchev–Trinajstić information content (AvgIpc) is 3.15. The molecule has 0 spiro atoms. The van der Waals surface area contributed by atoms with Crippen molar-refractivity contribution in [3.63, 3.8) is 0 Å². The summed E-state index contributed by atoms with van der Waals surface area (Å²) >= 11 is 0. The molecule has 3 aromatic rings. The molecule has 1 aliphatic rings. The molecule has 7 nitrogen and oxygen atoms in total. The van der Waals surface area contributed by atoms with Gasteiger partial charge in [0.15, 0.2) is 5.82 Å². The molecule has 1 fully saturated rings. The molecule has 120 valence electrons. The fraction of sp³-hybridized carbons (Fsp3) is 0.500. The van der Waals surface area contributed by atoms with E-state index in [1.807, 2.05) is 19.2 Å². The molecule has 0 bridgehead atoms. The van der Waals surface area contributed by atoms with Gasteiger partial charge in [0, 0.05) is 13.5 Å². The van der Waals surface area contributed by atoms with E-state index in [2.05, 4.69) is 37.5 Å². The Morgan fingerprint density at radius 1 is 1.22 bits per heavy atom. The molecular formula is C16H21N7. The van der Waals surface area contributed by atoms with Crippen molar-refractivity contribution in [2.45, 2.75) is 25.8 Å². The first-order valence-corrected chi connectivity index (χ1v) is 8.15. The van der Waals surface area contributed by atoms with Crippen LogP contribution < -0.4 is 0 Å². The third kappa shape index (κ3) is 3.10. The SMILES string of the molecule is Cn1nnnc1CN1CCC(Cc2nc3ccccc3[nH]2)CC1. The van der Waals surface area contributed by atoms with Crippen molar-refractivity contribution >= 4 is 11.0 Å². The Bertz CT molecular complexity index is 749. The number of rotatable bonds is 4. The molecule has 1 aromatic carbocycles. The van der Waals surface area contributed by atoms with E-state index in [-0.39, 0.29) is 0 Å². The van der Waals surface area contributed by atoms with Gasteiger partial charge in [0.1, 0.15) is 5.82 Å². The molecule has 0 aliphatic carbocycles. The van der Waals surface area contributed by atoms with E-state index >= 15 is 0 Å². The number of aromatic nitrogens is 6. The molecule has 0 radical (unpaired) electrons. The second-order valence-corrected chi connectivity index (χ2v) is 6.34. The second kappa shape index (κ2) is 6.08. The van der Waals surface area contributed by atoms with Gasteiger partial charge in [0.2, 0.25) is 0 Å². The standard InChI is InChI=1S/C16H21N7/c1-22-16(19-20-21-22)11-23-8-6-12(7-9-23)10-15-17-13-4-2-3-5-14(13)18-15/h2-5,12H,6-11H2,1H3,(H,17,18). The fourth-order valence-electron chi connectivity index (χ4n) is 3.31. The minimum atomic E-state index is 0.699. The maximum atomic E-state index is 4.70. The Morgan fingerprint density at radius 2 is 2.04 bits per heavy atom. The average molecular weight is 311 g/mol. The highest BCUT2D eigenvalue weighted by Crippen LogP contribution is 2.22. The lowest BCUT2D eigenvalue weighted by molar-refractivity contribution is 0.170. The maximum absolute atomic E-state index is 4.70. The molecule has 1 aliphatic heterocycles. The van der Waals surface area contributed by atoms with Gasteiger partial charge in [0.05, 0.1) is 17.6 Å². The Labute approximate surface area is 134 Å². The lowest BCUT2D eigenvalue weighted by Gasteiger charge is -2.31. The number of nitrogens with zero attached hydrogens (tertiary/aromatic N) is 6. The molecule has 4 rings (SSSR count). The maximum Gasteiger partial charge on any atom is 0.164 e. The minimum absolute atomic E-state index is 0.699. The third-order valence-corrected chi connectivity index (χ3v) is 4.70. The number of hydrogen-bond acceptors (Lipinski definition) is 5. The van der Waals surface area contributed by atoms with Crippen LogP contribution in [-0.2, 0) is 20.0 Å². The van der Waals surface area contributed by atoms with Crippen molar-refractivity contribution in [2.75, 3.05) is 13.1 Å². The van der Waals surface area contributed by atoms with Crippen LogP contribution in [0, 0.1) is 5.92 Å². The Balaban J connectivity index is 1.33. The monoisotopic (exact) mass is 311 g/mol. The summed E-state index contributed by atoms with van der Waals surface area (Å²) in [5.74, 6) is 2.74. The fourth-order valence-corrected chi connectivity index (χ4v) is 3.31. The van der Waals surface area contributed by atoms with Crippen LogP contribution in [0.3, 0.4) is 0 Å². The van der Waals surface area contributed by atoms with Crippen LogP contribution in [0.15, 0.2) is 24.3 Å². The number of nitrogens with one attached hydrogen (secondary N) is 1. The number of tetrazole rings is 1. The first kappa shape index (κ1) is 14.3. The molecular weight excluding hydrogens is 290 g/mol. The summed E-state index contributed by atoms with van der Waals surface area (Å²) in [4.78, 5) is 10.6. The lowest BCUT2D eigenvalue weighted by Crippen LogP contribution is -2.34. The van der Waals surface area contributed by atoms with Gasteiger partial charge < -0.3 is 4.98 Å². The largest absolute Gasteiger partial charge is 0.342 e. The zero-order valence-electron chi connectivity index (χ0n) is 13.3. The molecule has 2 aromatic heterocycles. The van der Waals surface area contributed by atoms with Crippen LogP contribution in [0.5, 0.6) is 0 Å². The number of likely N-dealkylation sites (tertiary alicyclic amines) is 1. The summed E-state index contributed by atoms with van der Waals surface area (Å²) in [6.45, 7) is 3.02. The highest BCUT2D eigenvalue weighted by molar-refractivity contribution is 5.74. The molecule has 0 amide bonds. The second-order valence-electron chi connectivity index (χ2n) is 6.34. The van der Waals surface area contributed by atoms with E-state index < -0.39 is 0 Å². The van der Waals surface area contributed by atoms with Crippen molar-refractivity contribution in [1.82, 2.24) is 35.1 Å². The van der Waals surface area contributed by atoms with E-state index in [1.165, 1.54) is 12.8 Å². The van der Waals surface area contributed by atoms with Gasteiger partial charge in [0.25, 0.3) is 0 Å². The number of para-hydroxylation sites is 2. The van der Waals surface area contributed by atoms with Gasteiger partial charge in [-0.25, -0.2) is 9.67 Å². The quantitative estimate of drug-likeness (QED) is 0.791. The van der Waals surface area contributed by atoms with Crippen LogP contribution in [0.2, 0.25) is 0 Å². The van der Waals surface area contributed by atoms with Crippen LogP contribution in [0.25, 0.3) is 11.0 Å². The summed E-state index contributed by atoms with van der Waals surface area (Å²) in [6.07, 6.45) is 3.43. The highest BCUT2D eigenvalue weighted by atomic mass is 15.5. The number of hydrogen-bond donors (Lipinski definition) is 1. The number of aryl methyl sites for hydroxylation is 1. The van der Waals surface area contributed by atoms with Gasteiger partial charge in [-0.15, -0.1) is 5.10 Å². The molecule has 0 atom stereocenters. The van der Waals surface area contributed by atoms with Crippen LogP contribution >= 0.6 is 0 Å². The summed E-state index contributed by atoms with van der Waals surface area (Å²) in [5, 5.41) is 11.7. The molecule has 0 unspecified atom stereocenters. The smallest absolute Gasteiger partial charge is 0.164 e.